The van der Waals surface area contributed by atoms with Crippen molar-refractivity contribution >= 4 is 11.8 Å². The van der Waals surface area contributed by atoms with Crippen molar-refractivity contribution in [3.8, 4) is 0 Å². The molecule has 1 aromatic rings. The van der Waals surface area contributed by atoms with E-state index in [1.165, 1.54) is 0 Å². The van der Waals surface area contributed by atoms with Gasteiger partial charge in [-0.2, -0.15) is 16.9 Å². The molecule has 0 amide bonds. The van der Waals surface area contributed by atoms with Gasteiger partial charge in [0.25, 0.3) is 0 Å². The standard InChI is InChI=1S/C12H22N2OS/c1-9(2)7-16-8-12(15)6-11-5-10(3)13-14(11)4/h5,9,12,15H,6-8H2,1-4H3. The highest BCUT2D eigenvalue weighted by atomic mass is 32.2. The molecule has 1 aromatic heterocycles. The summed E-state index contributed by atoms with van der Waals surface area (Å²) in [4.78, 5) is 0. The van der Waals surface area contributed by atoms with Crippen molar-refractivity contribution in [2.75, 3.05) is 11.5 Å². The normalized spacial score (nSPS) is 13.4. The maximum atomic E-state index is 9.89. The Labute approximate surface area is 102 Å². The maximum Gasteiger partial charge on any atom is 0.0685 e. The Hall–Kier alpha value is -0.480. The largest absolute Gasteiger partial charge is 0.392 e. The number of aryl methyl sites for hydroxylation is 2. The third kappa shape index (κ3) is 4.58. The molecule has 0 radical (unpaired) electrons. The summed E-state index contributed by atoms with van der Waals surface area (Å²) < 4.78 is 1.85. The van der Waals surface area contributed by atoms with E-state index < -0.39 is 0 Å². The van der Waals surface area contributed by atoms with Crippen molar-refractivity contribution in [3.05, 3.63) is 17.5 Å². The van der Waals surface area contributed by atoms with Crippen LogP contribution in [0.5, 0.6) is 0 Å². The second kappa shape index (κ2) is 6.30. The van der Waals surface area contributed by atoms with Gasteiger partial charge in [-0.15, -0.1) is 0 Å². The molecule has 0 saturated heterocycles. The molecule has 0 fully saturated rings. The first kappa shape index (κ1) is 13.6. The van der Waals surface area contributed by atoms with Gasteiger partial charge in [0.15, 0.2) is 0 Å². The van der Waals surface area contributed by atoms with Crippen molar-refractivity contribution in [2.24, 2.45) is 13.0 Å². The number of hydrogen-bond acceptors (Lipinski definition) is 3. The van der Waals surface area contributed by atoms with Crippen LogP contribution in [-0.2, 0) is 13.5 Å². The van der Waals surface area contributed by atoms with Crippen LogP contribution < -0.4 is 0 Å². The maximum absolute atomic E-state index is 9.89. The van der Waals surface area contributed by atoms with Gasteiger partial charge in [0, 0.05) is 24.9 Å². The molecule has 92 valence electrons. The Bertz CT molecular complexity index is 323. The van der Waals surface area contributed by atoms with Gasteiger partial charge in [0.05, 0.1) is 11.8 Å². The van der Waals surface area contributed by atoms with Gasteiger partial charge in [-0.1, -0.05) is 13.8 Å². The lowest BCUT2D eigenvalue weighted by molar-refractivity contribution is 0.197. The van der Waals surface area contributed by atoms with Crippen LogP contribution >= 0.6 is 11.8 Å². The van der Waals surface area contributed by atoms with Crippen LogP contribution in [-0.4, -0.2) is 32.5 Å². The summed E-state index contributed by atoms with van der Waals surface area (Å²) >= 11 is 1.82. The summed E-state index contributed by atoms with van der Waals surface area (Å²) in [5, 5.41) is 14.2. The minimum absolute atomic E-state index is 0.265. The average Bonchev–Trinajstić information content (AvgIpc) is 2.44. The second-order valence-electron chi connectivity index (χ2n) is 4.69. The Balaban J connectivity index is 2.34. The third-order valence-corrected chi connectivity index (χ3v) is 3.83. The molecule has 0 bridgehead atoms. The van der Waals surface area contributed by atoms with Crippen molar-refractivity contribution in [2.45, 2.75) is 33.3 Å². The highest BCUT2D eigenvalue weighted by Crippen LogP contribution is 2.12. The first-order valence-corrected chi connectivity index (χ1v) is 6.90. The van der Waals surface area contributed by atoms with Crippen molar-refractivity contribution in [1.82, 2.24) is 9.78 Å². The number of aromatic nitrogens is 2. The van der Waals surface area contributed by atoms with E-state index in [0.29, 0.717) is 12.3 Å². The second-order valence-corrected chi connectivity index (χ2v) is 5.76. The van der Waals surface area contributed by atoms with E-state index in [-0.39, 0.29) is 6.10 Å². The number of rotatable bonds is 6. The molecule has 0 aliphatic rings. The van der Waals surface area contributed by atoms with Crippen molar-refractivity contribution < 1.29 is 5.11 Å². The highest BCUT2D eigenvalue weighted by molar-refractivity contribution is 7.99. The molecular formula is C12H22N2OS. The first-order chi connectivity index (χ1) is 7.49. The van der Waals surface area contributed by atoms with E-state index in [1.54, 1.807) is 0 Å². The molecule has 16 heavy (non-hydrogen) atoms. The van der Waals surface area contributed by atoms with E-state index in [9.17, 15) is 5.11 Å². The summed E-state index contributed by atoms with van der Waals surface area (Å²) in [6.07, 6.45) is 0.432. The van der Waals surface area contributed by atoms with Crippen LogP contribution in [0.4, 0.5) is 0 Å². The summed E-state index contributed by atoms with van der Waals surface area (Å²) in [7, 11) is 1.93. The van der Waals surface area contributed by atoms with E-state index in [2.05, 4.69) is 18.9 Å². The zero-order chi connectivity index (χ0) is 12.1. The van der Waals surface area contributed by atoms with Gasteiger partial charge in [0.1, 0.15) is 0 Å². The van der Waals surface area contributed by atoms with Gasteiger partial charge in [0.2, 0.25) is 0 Å². The Morgan fingerprint density at radius 3 is 2.62 bits per heavy atom. The van der Waals surface area contributed by atoms with Crippen LogP contribution in [0.1, 0.15) is 25.2 Å². The molecule has 1 rings (SSSR count). The van der Waals surface area contributed by atoms with E-state index in [0.717, 1.165) is 22.9 Å². The molecule has 3 nitrogen and oxygen atoms in total. The van der Waals surface area contributed by atoms with Gasteiger partial charge in [-0.25, -0.2) is 0 Å². The molecule has 0 aliphatic carbocycles. The summed E-state index contributed by atoms with van der Waals surface area (Å²) in [6, 6.07) is 2.04. The predicted molar refractivity (Wildman–Crippen MR) is 69.8 cm³/mol. The monoisotopic (exact) mass is 242 g/mol. The predicted octanol–water partition coefficient (Wildman–Crippen LogP) is 2.02. The lowest BCUT2D eigenvalue weighted by Gasteiger charge is -2.11. The molecule has 1 unspecified atom stereocenters. The first-order valence-electron chi connectivity index (χ1n) is 5.74. The van der Waals surface area contributed by atoms with E-state index >= 15 is 0 Å². The lowest BCUT2D eigenvalue weighted by atomic mass is 10.2. The number of thioether (sulfide) groups is 1. The van der Waals surface area contributed by atoms with Crippen molar-refractivity contribution in [1.29, 1.82) is 0 Å². The Morgan fingerprint density at radius 2 is 2.12 bits per heavy atom. The molecule has 0 aromatic carbocycles. The quantitative estimate of drug-likeness (QED) is 0.829. The summed E-state index contributed by atoms with van der Waals surface area (Å²) in [5.74, 6) is 2.61. The molecular weight excluding hydrogens is 220 g/mol. The summed E-state index contributed by atoms with van der Waals surface area (Å²) in [5.41, 5.74) is 2.12. The molecule has 1 heterocycles. The molecule has 0 spiro atoms. The molecule has 4 heteroatoms. The van der Waals surface area contributed by atoms with E-state index in [4.69, 9.17) is 0 Å². The number of aliphatic hydroxyl groups is 1. The van der Waals surface area contributed by atoms with Crippen LogP contribution in [0.3, 0.4) is 0 Å². The fourth-order valence-corrected chi connectivity index (χ4v) is 2.59. The zero-order valence-corrected chi connectivity index (χ0v) is 11.4. The Morgan fingerprint density at radius 1 is 1.44 bits per heavy atom. The number of nitrogens with zero attached hydrogens (tertiary/aromatic N) is 2. The van der Waals surface area contributed by atoms with E-state index in [1.807, 2.05) is 36.5 Å². The number of aliphatic hydroxyl groups excluding tert-OH is 1. The van der Waals surface area contributed by atoms with Crippen LogP contribution in [0.2, 0.25) is 0 Å². The smallest absolute Gasteiger partial charge is 0.0685 e. The molecule has 0 saturated carbocycles. The van der Waals surface area contributed by atoms with Crippen molar-refractivity contribution in [3.63, 3.8) is 0 Å². The van der Waals surface area contributed by atoms with Gasteiger partial charge in [-0.05, 0) is 24.7 Å². The number of hydrogen-bond donors (Lipinski definition) is 1. The van der Waals surface area contributed by atoms with Gasteiger partial charge < -0.3 is 5.11 Å². The molecule has 0 aliphatic heterocycles. The highest BCUT2D eigenvalue weighted by Gasteiger charge is 2.10. The zero-order valence-electron chi connectivity index (χ0n) is 10.6. The SMILES string of the molecule is Cc1cc(CC(O)CSCC(C)C)n(C)n1. The Kier molecular flexibility index (Phi) is 5.35. The third-order valence-electron chi connectivity index (χ3n) is 2.31. The minimum atomic E-state index is -0.265. The van der Waals surface area contributed by atoms with Gasteiger partial charge in [-0.3, -0.25) is 4.68 Å². The van der Waals surface area contributed by atoms with Crippen LogP contribution in [0.15, 0.2) is 6.07 Å². The summed E-state index contributed by atoms with van der Waals surface area (Å²) in [6.45, 7) is 6.37. The fourth-order valence-electron chi connectivity index (χ4n) is 1.60. The van der Waals surface area contributed by atoms with Gasteiger partial charge >= 0.3 is 0 Å². The lowest BCUT2D eigenvalue weighted by Crippen LogP contribution is -2.16. The molecule has 1 atom stereocenters. The van der Waals surface area contributed by atoms with Crippen LogP contribution in [0.25, 0.3) is 0 Å². The topological polar surface area (TPSA) is 38.0 Å². The fraction of sp³-hybridized carbons (Fsp3) is 0.750. The minimum Gasteiger partial charge on any atom is -0.392 e. The van der Waals surface area contributed by atoms with Crippen LogP contribution in [0, 0.1) is 12.8 Å². The molecule has 1 N–H and O–H groups in total. The average molecular weight is 242 g/mol.